The van der Waals surface area contributed by atoms with Crippen LogP contribution in [0, 0.1) is 28.4 Å². The van der Waals surface area contributed by atoms with Gasteiger partial charge in [0.25, 0.3) is 0 Å². The zero-order valence-electron chi connectivity index (χ0n) is 28.8. The van der Waals surface area contributed by atoms with E-state index in [4.69, 9.17) is 23.3 Å². The molecular weight excluding hydrogens is 671 g/mol. The molecule has 0 bridgehead atoms. The van der Waals surface area contributed by atoms with Crippen LogP contribution in [0.1, 0.15) is 89.8 Å². The van der Waals surface area contributed by atoms with E-state index >= 15 is 4.39 Å². The van der Waals surface area contributed by atoms with Crippen LogP contribution in [0.2, 0.25) is 0 Å². The van der Waals surface area contributed by atoms with Gasteiger partial charge in [0.15, 0.2) is 6.79 Å². The molecule has 1 unspecified atom stereocenters. The van der Waals surface area contributed by atoms with E-state index in [2.05, 4.69) is 23.1 Å². The van der Waals surface area contributed by atoms with Crippen molar-refractivity contribution in [2.24, 2.45) is 5.41 Å². The highest BCUT2D eigenvalue weighted by molar-refractivity contribution is 7.48. The molecule has 1 aliphatic rings. The zero-order chi connectivity index (χ0) is 35.7. The summed E-state index contributed by atoms with van der Waals surface area (Å²) in [6.45, 7) is 12.1. The molecule has 0 amide bonds. The lowest BCUT2D eigenvalue weighted by atomic mass is 9.81. The molecule has 1 aliphatic carbocycles. The van der Waals surface area contributed by atoms with Gasteiger partial charge in [-0.2, -0.15) is 10.4 Å². The topological polar surface area (TPSA) is 121 Å². The van der Waals surface area contributed by atoms with Crippen molar-refractivity contribution in [3.8, 4) is 17.3 Å². The lowest BCUT2D eigenvalue weighted by Gasteiger charge is -2.39. The van der Waals surface area contributed by atoms with E-state index in [1.165, 1.54) is 34.7 Å². The standard InChI is InChI=1S/C35H42F2N5O5PS/c1-24(31-41-30(18-49-31)26-10-8-25(17-38)9-11-26)35(20-42-22-39-21-40-42,28-13-12-27(36)16-29(28)37)44-23-45-48(43,46-32(2,3)4)47-33(5,6)19-34(7)14-15-34/h8-13,16,18,21-22,24H,14-15,19-20,23H2,1-7H3/t24-,35+,48?/m0/s1. The van der Waals surface area contributed by atoms with Crippen molar-refractivity contribution >= 4 is 19.2 Å². The van der Waals surface area contributed by atoms with Gasteiger partial charge in [-0.1, -0.05) is 32.0 Å². The Morgan fingerprint density at radius 1 is 1.10 bits per heavy atom. The first-order valence-corrected chi connectivity index (χ1v) is 18.3. The van der Waals surface area contributed by atoms with E-state index in [-0.39, 0.29) is 17.5 Å². The largest absolute Gasteiger partial charge is 0.477 e. The number of ether oxygens (including phenoxy) is 1. The number of aromatic nitrogens is 4. The van der Waals surface area contributed by atoms with Crippen molar-refractivity contribution in [3.05, 3.63) is 88.3 Å². The summed E-state index contributed by atoms with van der Waals surface area (Å²) in [5, 5.41) is 15.9. The molecule has 2 aromatic carbocycles. The van der Waals surface area contributed by atoms with Gasteiger partial charge in [0.1, 0.15) is 29.9 Å². The lowest BCUT2D eigenvalue weighted by molar-refractivity contribution is -0.149. The van der Waals surface area contributed by atoms with Gasteiger partial charge in [-0.15, -0.1) is 11.3 Å². The van der Waals surface area contributed by atoms with E-state index in [1.807, 2.05) is 26.2 Å². The van der Waals surface area contributed by atoms with Crippen molar-refractivity contribution in [2.75, 3.05) is 6.79 Å². The van der Waals surface area contributed by atoms with Gasteiger partial charge in [0, 0.05) is 28.5 Å². The van der Waals surface area contributed by atoms with Crippen LogP contribution in [0.3, 0.4) is 0 Å². The maximum Gasteiger partial charge on any atom is 0.477 e. The fourth-order valence-electron chi connectivity index (χ4n) is 5.98. The number of thiazole rings is 1. The van der Waals surface area contributed by atoms with E-state index in [9.17, 15) is 14.2 Å². The maximum absolute atomic E-state index is 15.9. The van der Waals surface area contributed by atoms with Crippen molar-refractivity contribution < 1.29 is 31.7 Å². The number of halogens is 2. The van der Waals surface area contributed by atoms with Crippen molar-refractivity contribution in [1.29, 1.82) is 5.26 Å². The SMILES string of the molecule is C[C@@H](c1nc(-c2ccc(C#N)cc2)cs1)[C@@](Cn1cncn1)(OCOP(=O)(OC(C)(C)C)OC(C)(C)CC1(C)CC1)c1ccc(F)cc1F. The Hall–Kier alpha value is -3.37. The summed E-state index contributed by atoms with van der Waals surface area (Å²) in [7, 11) is -4.28. The third-order valence-corrected chi connectivity index (χ3v) is 11.3. The fourth-order valence-corrected chi connectivity index (χ4v) is 8.61. The Morgan fingerprint density at radius 3 is 2.41 bits per heavy atom. The van der Waals surface area contributed by atoms with Crippen LogP contribution in [0.15, 0.2) is 60.5 Å². The molecule has 5 rings (SSSR count). The number of nitriles is 1. The van der Waals surface area contributed by atoms with Crippen LogP contribution in [0.5, 0.6) is 0 Å². The summed E-state index contributed by atoms with van der Waals surface area (Å²) in [5.41, 5.74) is -1.38. The van der Waals surface area contributed by atoms with Gasteiger partial charge in [0.2, 0.25) is 0 Å². The van der Waals surface area contributed by atoms with Gasteiger partial charge in [-0.3, -0.25) is 13.6 Å². The predicted molar refractivity (Wildman–Crippen MR) is 181 cm³/mol. The van der Waals surface area contributed by atoms with Crippen LogP contribution < -0.4 is 0 Å². The summed E-state index contributed by atoms with van der Waals surface area (Å²) < 4.78 is 70.5. The average molecular weight is 714 g/mol. The maximum atomic E-state index is 15.9. The Balaban J connectivity index is 1.53. The Kier molecular flexibility index (Phi) is 10.6. The van der Waals surface area contributed by atoms with Gasteiger partial charge in [0.05, 0.1) is 40.1 Å². The van der Waals surface area contributed by atoms with Crippen molar-refractivity contribution in [1.82, 2.24) is 19.7 Å². The fraction of sp³-hybridized carbons (Fsp3) is 0.486. The van der Waals surface area contributed by atoms with Crippen LogP contribution in [-0.4, -0.2) is 37.7 Å². The summed E-state index contributed by atoms with van der Waals surface area (Å²) in [6, 6.07) is 12.3. The van der Waals surface area contributed by atoms with Crippen LogP contribution in [-0.2, 0) is 35.0 Å². The predicted octanol–water partition coefficient (Wildman–Crippen LogP) is 9.15. The highest BCUT2D eigenvalue weighted by atomic mass is 32.1. The lowest BCUT2D eigenvalue weighted by Crippen LogP contribution is -2.42. The Bertz CT molecular complexity index is 1830. The Morgan fingerprint density at radius 2 is 1.82 bits per heavy atom. The number of hydrogen-bond donors (Lipinski definition) is 0. The first kappa shape index (κ1) is 36.9. The molecule has 3 atom stereocenters. The molecule has 2 heterocycles. The summed E-state index contributed by atoms with van der Waals surface area (Å²) in [4.78, 5) is 8.92. The highest BCUT2D eigenvalue weighted by Gasteiger charge is 2.48. The number of benzene rings is 2. The number of phosphoric ester groups is 1. The second-order valence-electron chi connectivity index (χ2n) is 14.5. The molecule has 10 nitrogen and oxygen atoms in total. The molecular formula is C35H42F2N5O5PS. The minimum Gasteiger partial charge on any atom is -0.341 e. The number of hydrogen-bond acceptors (Lipinski definition) is 10. The molecule has 0 spiro atoms. The summed E-state index contributed by atoms with van der Waals surface area (Å²) in [5.74, 6) is -2.33. The number of rotatable bonds is 15. The molecule has 2 aromatic heterocycles. The molecule has 4 aromatic rings. The van der Waals surface area contributed by atoms with E-state index in [1.54, 1.807) is 45.0 Å². The first-order chi connectivity index (χ1) is 22.9. The molecule has 0 radical (unpaired) electrons. The Labute approximate surface area is 290 Å². The van der Waals surface area contributed by atoms with E-state index in [0.29, 0.717) is 22.7 Å². The molecule has 1 saturated carbocycles. The smallest absolute Gasteiger partial charge is 0.341 e. The van der Waals surface area contributed by atoms with E-state index in [0.717, 1.165) is 30.5 Å². The molecule has 49 heavy (non-hydrogen) atoms. The summed E-state index contributed by atoms with van der Waals surface area (Å²) in [6.07, 6.45) is 5.52. The number of nitrogens with zero attached hydrogens (tertiary/aromatic N) is 5. The highest BCUT2D eigenvalue weighted by Crippen LogP contribution is 2.60. The quantitative estimate of drug-likeness (QED) is 0.0877. The van der Waals surface area contributed by atoms with Gasteiger partial charge < -0.3 is 4.74 Å². The van der Waals surface area contributed by atoms with Gasteiger partial charge >= 0.3 is 7.82 Å². The molecule has 0 N–H and O–H groups in total. The minimum atomic E-state index is -4.28. The second-order valence-corrected chi connectivity index (χ2v) is 16.9. The number of phosphoric acid groups is 1. The summed E-state index contributed by atoms with van der Waals surface area (Å²) >= 11 is 1.33. The average Bonchev–Trinajstić information content (AvgIpc) is 3.37. The third-order valence-electron chi connectivity index (χ3n) is 8.38. The van der Waals surface area contributed by atoms with Crippen LogP contribution in [0.25, 0.3) is 11.3 Å². The first-order valence-electron chi connectivity index (χ1n) is 16.0. The van der Waals surface area contributed by atoms with E-state index < -0.39 is 49.0 Å². The van der Waals surface area contributed by atoms with Gasteiger partial charge in [-0.25, -0.2) is 28.0 Å². The van der Waals surface area contributed by atoms with Crippen LogP contribution in [0.4, 0.5) is 8.78 Å². The van der Waals surface area contributed by atoms with Crippen LogP contribution >= 0.6 is 19.2 Å². The molecule has 0 saturated heterocycles. The normalized spacial score (nSPS) is 17.6. The minimum absolute atomic E-state index is 0.00472. The third kappa shape index (κ3) is 9.25. The van der Waals surface area contributed by atoms with Crippen molar-refractivity contribution in [3.63, 3.8) is 0 Å². The molecule has 0 aliphatic heterocycles. The second kappa shape index (κ2) is 14.1. The molecule has 262 valence electrons. The molecule has 1 fully saturated rings. The van der Waals surface area contributed by atoms with Crippen molar-refractivity contribution in [2.45, 2.75) is 97.0 Å². The monoisotopic (exact) mass is 713 g/mol. The zero-order valence-corrected chi connectivity index (χ0v) is 30.5. The molecule has 14 heteroatoms. The van der Waals surface area contributed by atoms with Gasteiger partial charge in [-0.05, 0) is 77.5 Å².